The van der Waals surface area contributed by atoms with Crippen LogP contribution in [0.2, 0.25) is 0 Å². The van der Waals surface area contributed by atoms with E-state index >= 15 is 0 Å². The molecule has 0 radical (unpaired) electrons. The maximum Gasteiger partial charge on any atom is 0.350 e. The third-order valence-corrected chi connectivity index (χ3v) is 4.23. The van der Waals surface area contributed by atoms with Crippen molar-refractivity contribution in [3.63, 3.8) is 0 Å². The lowest BCUT2D eigenvalue weighted by Crippen LogP contribution is -2.19. The summed E-state index contributed by atoms with van der Waals surface area (Å²) in [6.45, 7) is 5.86. The molecule has 2 heterocycles. The molecule has 2 aromatic rings. The largest absolute Gasteiger partial charge is 0.465 e. The van der Waals surface area contributed by atoms with E-state index in [1.54, 1.807) is 6.07 Å². The number of esters is 1. The van der Waals surface area contributed by atoms with Crippen molar-refractivity contribution in [3.05, 3.63) is 39.8 Å². The highest BCUT2D eigenvalue weighted by Gasteiger charge is 2.20. The van der Waals surface area contributed by atoms with Gasteiger partial charge in [-0.15, -0.1) is 11.3 Å². The predicted octanol–water partition coefficient (Wildman–Crippen LogP) is 3.48. The molecule has 0 aliphatic rings. The highest BCUT2D eigenvalue weighted by molar-refractivity contribution is 7.12. The van der Waals surface area contributed by atoms with Gasteiger partial charge < -0.3 is 14.6 Å². The van der Waals surface area contributed by atoms with Crippen LogP contribution in [0.15, 0.2) is 23.7 Å². The Morgan fingerprint density at radius 3 is 2.71 bits per heavy atom. The number of anilines is 1. The van der Waals surface area contributed by atoms with Crippen LogP contribution in [0.5, 0.6) is 0 Å². The summed E-state index contributed by atoms with van der Waals surface area (Å²) >= 11 is 1.26. The second-order valence-electron chi connectivity index (χ2n) is 4.96. The maximum absolute atomic E-state index is 12.4. The summed E-state index contributed by atoms with van der Waals surface area (Å²) in [5.41, 5.74) is 1.93. The van der Waals surface area contributed by atoms with E-state index in [1.807, 2.05) is 43.0 Å². The van der Waals surface area contributed by atoms with E-state index in [0.29, 0.717) is 16.3 Å². The number of hydrogen-bond donors (Lipinski definition) is 1. The van der Waals surface area contributed by atoms with E-state index < -0.39 is 5.97 Å². The van der Waals surface area contributed by atoms with Gasteiger partial charge in [0.25, 0.3) is 5.91 Å². The van der Waals surface area contributed by atoms with Crippen LogP contribution in [0.25, 0.3) is 0 Å². The summed E-state index contributed by atoms with van der Waals surface area (Å²) in [5, 5.41) is 4.64. The topological polar surface area (TPSA) is 60.3 Å². The van der Waals surface area contributed by atoms with Gasteiger partial charge in [-0.1, -0.05) is 0 Å². The normalized spacial score (nSPS) is 10.7. The Morgan fingerprint density at radius 1 is 1.38 bits per heavy atom. The van der Waals surface area contributed by atoms with Gasteiger partial charge in [0.2, 0.25) is 0 Å². The first-order chi connectivity index (χ1) is 9.95. The van der Waals surface area contributed by atoms with Crippen molar-refractivity contribution in [2.24, 2.45) is 0 Å². The zero-order valence-corrected chi connectivity index (χ0v) is 13.3. The maximum atomic E-state index is 12.4. The molecule has 0 atom stereocenters. The Labute approximate surface area is 127 Å². The number of ether oxygens (including phenoxy) is 1. The van der Waals surface area contributed by atoms with Gasteiger partial charge in [-0.2, -0.15) is 0 Å². The second-order valence-corrected chi connectivity index (χ2v) is 5.84. The van der Waals surface area contributed by atoms with Crippen molar-refractivity contribution in [3.8, 4) is 0 Å². The molecule has 0 fully saturated rings. The minimum Gasteiger partial charge on any atom is -0.465 e. The number of aryl methyl sites for hydroxylation is 1. The van der Waals surface area contributed by atoms with E-state index in [1.165, 1.54) is 18.4 Å². The quantitative estimate of drug-likeness (QED) is 0.880. The molecule has 0 aromatic carbocycles. The van der Waals surface area contributed by atoms with Crippen LogP contribution >= 0.6 is 11.3 Å². The minimum absolute atomic E-state index is 0.185. The number of carbonyl (C=O) groups excluding carboxylic acids is 2. The van der Waals surface area contributed by atoms with Gasteiger partial charge in [0.05, 0.1) is 12.8 Å². The van der Waals surface area contributed by atoms with E-state index in [4.69, 9.17) is 4.74 Å². The minimum atomic E-state index is -0.442. The van der Waals surface area contributed by atoms with E-state index in [9.17, 15) is 9.59 Å². The third-order valence-electron chi connectivity index (χ3n) is 3.15. The van der Waals surface area contributed by atoms with Gasteiger partial charge in [-0.25, -0.2) is 4.79 Å². The first-order valence-corrected chi connectivity index (χ1v) is 7.48. The fraction of sp³-hybridized carbons (Fsp3) is 0.333. The lowest BCUT2D eigenvalue weighted by Gasteiger charge is -2.13. The average Bonchev–Trinajstić information content (AvgIpc) is 3.06. The number of methoxy groups -OCH3 is 1. The summed E-state index contributed by atoms with van der Waals surface area (Å²) in [7, 11) is 1.33. The van der Waals surface area contributed by atoms with Crippen molar-refractivity contribution >= 4 is 28.9 Å². The van der Waals surface area contributed by atoms with Crippen LogP contribution in [0.4, 0.5) is 5.69 Å². The Balaban J connectivity index is 2.30. The molecule has 0 bridgehead atoms. The molecular formula is C15H18N2O3S. The summed E-state index contributed by atoms with van der Waals surface area (Å²) in [6.07, 6.45) is 1.86. The summed E-state index contributed by atoms with van der Waals surface area (Å²) in [6, 6.07) is 3.77. The standard InChI is InChI=1S/C15H18N2O3S/c1-9(2)17-7-5-6-11(17)14(18)16-12-10(3)8-21-13(12)15(19)20-4/h5-9H,1-4H3,(H,16,18). The lowest BCUT2D eigenvalue weighted by atomic mass is 10.2. The fourth-order valence-corrected chi connectivity index (χ4v) is 2.98. The van der Waals surface area contributed by atoms with Crippen LogP contribution in [-0.4, -0.2) is 23.6 Å². The molecule has 0 unspecified atom stereocenters. The number of thiophene rings is 1. The smallest absolute Gasteiger partial charge is 0.350 e. The van der Waals surface area contributed by atoms with Gasteiger partial charge in [0.15, 0.2) is 0 Å². The van der Waals surface area contributed by atoms with E-state index in [0.717, 1.165) is 5.56 Å². The van der Waals surface area contributed by atoms with Crippen LogP contribution in [0.1, 0.15) is 45.6 Å². The van der Waals surface area contributed by atoms with Crippen molar-refractivity contribution in [2.45, 2.75) is 26.8 Å². The van der Waals surface area contributed by atoms with E-state index in [-0.39, 0.29) is 11.9 Å². The molecule has 0 aliphatic carbocycles. The Morgan fingerprint density at radius 2 is 2.10 bits per heavy atom. The van der Waals surface area contributed by atoms with Crippen LogP contribution in [0, 0.1) is 6.92 Å². The van der Waals surface area contributed by atoms with Crippen LogP contribution in [-0.2, 0) is 4.74 Å². The summed E-state index contributed by atoms with van der Waals surface area (Å²) in [5.74, 6) is -0.678. The van der Waals surface area contributed by atoms with Crippen molar-refractivity contribution in [1.29, 1.82) is 0 Å². The van der Waals surface area contributed by atoms with E-state index in [2.05, 4.69) is 5.32 Å². The molecule has 0 saturated heterocycles. The molecule has 21 heavy (non-hydrogen) atoms. The van der Waals surface area contributed by atoms with Gasteiger partial charge in [0, 0.05) is 12.2 Å². The van der Waals surface area contributed by atoms with Crippen LogP contribution in [0.3, 0.4) is 0 Å². The zero-order valence-electron chi connectivity index (χ0n) is 12.5. The second kappa shape index (κ2) is 6.13. The summed E-state index contributed by atoms with van der Waals surface area (Å²) in [4.78, 5) is 24.6. The number of hydrogen-bond acceptors (Lipinski definition) is 4. The van der Waals surface area contributed by atoms with Crippen LogP contribution < -0.4 is 5.32 Å². The molecule has 1 amide bonds. The predicted molar refractivity (Wildman–Crippen MR) is 83.2 cm³/mol. The lowest BCUT2D eigenvalue weighted by molar-refractivity contribution is 0.0607. The SMILES string of the molecule is COC(=O)c1scc(C)c1NC(=O)c1cccn1C(C)C. The molecule has 2 rings (SSSR count). The third kappa shape index (κ3) is 3.00. The first-order valence-electron chi connectivity index (χ1n) is 6.60. The molecule has 0 spiro atoms. The number of rotatable bonds is 4. The number of nitrogens with zero attached hydrogens (tertiary/aromatic N) is 1. The number of nitrogens with one attached hydrogen (secondary N) is 1. The molecule has 2 aromatic heterocycles. The Hall–Kier alpha value is -2.08. The number of amides is 1. The van der Waals surface area contributed by atoms with Gasteiger partial charge in [0.1, 0.15) is 10.6 Å². The van der Waals surface area contributed by atoms with Crippen molar-refractivity contribution in [2.75, 3.05) is 12.4 Å². The highest BCUT2D eigenvalue weighted by Crippen LogP contribution is 2.29. The van der Waals surface area contributed by atoms with Gasteiger partial charge >= 0.3 is 5.97 Å². The first kappa shape index (κ1) is 15.3. The van der Waals surface area contributed by atoms with Gasteiger partial charge in [-0.3, -0.25) is 4.79 Å². The molecule has 0 aliphatic heterocycles. The van der Waals surface area contributed by atoms with Gasteiger partial charge in [-0.05, 0) is 43.8 Å². The number of carbonyl (C=O) groups is 2. The highest BCUT2D eigenvalue weighted by atomic mass is 32.1. The zero-order chi connectivity index (χ0) is 15.6. The summed E-state index contributed by atoms with van der Waals surface area (Å²) < 4.78 is 6.62. The molecule has 1 N–H and O–H groups in total. The van der Waals surface area contributed by atoms with Crippen molar-refractivity contribution < 1.29 is 14.3 Å². The Bertz CT molecular complexity index is 670. The number of aromatic nitrogens is 1. The Kier molecular flexibility index (Phi) is 4.47. The molecule has 5 nitrogen and oxygen atoms in total. The molecular weight excluding hydrogens is 288 g/mol. The monoisotopic (exact) mass is 306 g/mol. The van der Waals surface area contributed by atoms with Crippen molar-refractivity contribution in [1.82, 2.24) is 4.57 Å². The molecule has 0 saturated carbocycles. The molecule has 112 valence electrons. The fourth-order valence-electron chi connectivity index (χ4n) is 2.06. The molecule has 6 heteroatoms. The average molecular weight is 306 g/mol.